The lowest BCUT2D eigenvalue weighted by molar-refractivity contribution is -0.426. The van der Waals surface area contributed by atoms with E-state index in [-0.39, 0.29) is 5.70 Å². The Morgan fingerprint density at radius 1 is 1.42 bits per heavy atom. The van der Waals surface area contributed by atoms with Crippen LogP contribution in [0.2, 0.25) is 0 Å². The average Bonchev–Trinajstić information content (AvgIpc) is 2.06. The van der Waals surface area contributed by atoms with Gasteiger partial charge in [-0.15, -0.1) is 0 Å². The zero-order chi connectivity index (χ0) is 8.97. The Hall–Kier alpha value is -1.64. The van der Waals surface area contributed by atoms with E-state index in [2.05, 4.69) is 6.58 Å². The largest absolute Gasteiger partial charge is 0.259 e. The Morgan fingerprint density at radius 3 is 2.50 bits per heavy atom. The molecule has 3 heteroatoms. The van der Waals surface area contributed by atoms with Gasteiger partial charge in [0.1, 0.15) is 0 Å². The maximum Gasteiger partial charge on any atom is 0.243 e. The summed E-state index contributed by atoms with van der Waals surface area (Å²) in [6.45, 7) is 3.35. The Labute approximate surface area is 70.5 Å². The van der Waals surface area contributed by atoms with Crippen LogP contribution in [0, 0.1) is 10.1 Å². The summed E-state index contributed by atoms with van der Waals surface area (Å²) in [6.07, 6.45) is 0.313. The molecule has 3 nitrogen and oxygen atoms in total. The fraction of sp³-hybridized carbons (Fsp3) is 0.111. The molecule has 0 saturated heterocycles. The molecule has 0 atom stereocenters. The summed E-state index contributed by atoms with van der Waals surface area (Å²) >= 11 is 0. The third-order valence-electron chi connectivity index (χ3n) is 1.51. The zero-order valence-corrected chi connectivity index (χ0v) is 6.56. The van der Waals surface area contributed by atoms with Crippen LogP contribution in [-0.2, 0) is 6.42 Å². The summed E-state index contributed by atoms with van der Waals surface area (Å²) in [4.78, 5) is 9.76. The highest BCUT2D eigenvalue weighted by Gasteiger charge is 2.06. The summed E-state index contributed by atoms with van der Waals surface area (Å²) < 4.78 is 0. The van der Waals surface area contributed by atoms with Crippen LogP contribution in [-0.4, -0.2) is 4.92 Å². The minimum atomic E-state index is -0.451. The second kappa shape index (κ2) is 3.67. The van der Waals surface area contributed by atoms with Crippen molar-refractivity contribution in [2.75, 3.05) is 0 Å². The summed E-state index contributed by atoms with van der Waals surface area (Å²) in [7, 11) is 0. The second-order valence-electron chi connectivity index (χ2n) is 2.49. The first kappa shape index (κ1) is 8.46. The molecule has 0 aliphatic rings. The molecule has 0 spiro atoms. The van der Waals surface area contributed by atoms with E-state index in [1.165, 1.54) is 0 Å². The molecule has 1 aromatic rings. The van der Waals surface area contributed by atoms with E-state index in [1.54, 1.807) is 0 Å². The molecule has 0 radical (unpaired) electrons. The van der Waals surface area contributed by atoms with Crippen molar-refractivity contribution in [3.63, 3.8) is 0 Å². The van der Waals surface area contributed by atoms with Crippen LogP contribution >= 0.6 is 0 Å². The van der Waals surface area contributed by atoms with Gasteiger partial charge in [-0.2, -0.15) is 0 Å². The molecule has 0 amide bonds. The van der Waals surface area contributed by atoms with Crippen LogP contribution in [0.25, 0.3) is 0 Å². The van der Waals surface area contributed by atoms with Crippen molar-refractivity contribution < 1.29 is 4.92 Å². The molecule has 0 fully saturated rings. The molecular formula is C9H9NO2. The van der Waals surface area contributed by atoms with Crippen LogP contribution in [0.15, 0.2) is 42.6 Å². The van der Waals surface area contributed by atoms with Crippen molar-refractivity contribution in [3.05, 3.63) is 58.3 Å². The predicted molar refractivity (Wildman–Crippen MR) is 46.3 cm³/mol. The molecule has 0 unspecified atom stereocenters. The fourth-order valence-electron chi connectivity index (χ4n) is 0.896. The number of hydrogen-bond donors (Lipinski definition) is 0. The number of nitrogens with zero attached hydrogens (tertiary/aromatic N) is 1. The predicted octanol–water partition coefficient (Wildman–Crippen LogP) is 2.02. The molecule has 0 saturated carbocycles. The fourth-order valence-corrected chi connectivity index (χ4v) is 0.896. The van der Waals surface area contributed by atoms with Crippen molar-refractivity contribution in [2.24, 2.45) is 0 Å². The first-order valence-corrected chi connectivity index (χ1v) is 3.56. The van der Waals surface area contributed by atoms with Gasteiger partial charge in [0.2, 0.25) is 5.70 Å². The second-order valence-corrected chi connectivity index (χ2v) is 2.49. The molecule has 0 aliphatic heterocycles. The first-order valence-electron chi connectivity index (χ1n) is 3.56. The van der Waals surface area contributed by atoms with Crippen molar-refractivity contribution in [3.8, 4) is 0 Å². The van der Waals surface area contributed by atoms with E-state index >= 15 is 0 Å². The number of rotatable bonds is 3. The van der Waals surface area contributed by atoms with Crippen LogP contribution in [0.4, 0.5) is 0 Å². The van der Waals surface area contributed by atoms with Crippen LogP contribution in [0.5, 0.6) is 0 Å². The Morgan fingerprint density at radius 2 is 2.00 bits per heavy atom. The molecule has 0 aromatic heterocycles. The van der Waals surface area contributed by atoms with Gasteiger partial charge in [0.25, 0.3) is 0 Å². The van der Waals surface area contributed by atoms with Gasteiger partial charge in [0.05, 0.1) is 11.3 Å². The first-order chi connectivity index (χ1) is 5.70. The molecular weight excluding hydrogens is 154 g/mol. The summed E-state index contributed by atoms with van der Waals surface area (Å²) in [5.74, 6) is 0. The zero-order valence-electron chi connectivity index (χ0n) is 6.56. The van der Waals surface area contributed by atoms with Gasteiger partial charge < -0.3 is 0 Å². The maximum atomic E-state index is 10.2. The SMILES string of the molecule is C=C(Cc1ccccc1)[N+](=O)[O-]. The molecule has 0 N–H and O–H groups in total. The van der Waals surface area contributed by atoms with Gasteiger partial charge in [0, 0.05) is 0 Å². The minimum Gasteiger partial charge on any atom is -0.259 e. The van der Waals surface area contributed by atoms with Crippen molar-refractivity contribution >= 4 is 0 Å². The van der Waals surface area contributed by atoms with E-state index in [9.17, 15) is 10.1 Å². The van der Waals surface area contributed by atoms with E-state index in [0.29, 0.717) is 6.42 Å². The molecule has 0 aliphatic carbocycles. The Kier molecular flexibility index (Phi) is 2.58. The molecule has 12 heavy (non-hydrogen) atoms. The lowest BCUT2D eigenvalue weighted by Gasteiger charge is -1.96. The van der Waals surface area contributed by atoms with E-state index in [1.807, 2.05) is 30.3 Å². The number of nitro groups is 1. The Bertz CT molecular complexity index is 293. The van der Waals surface area contributed by atoms with Crippen LogP contribution in [0.3, 0.4) is 0 Å². The van der Waals surface area contributed by atoms with Gasteiger partial charge in [-0.25, -0.2) is 0 Å². The van der Waals surface area contributed by atoms with Crippen LogP contribution in [0.1, 0.15) is 5.56 Å². The maximum absolute atomic E-state index is 10.2. The van der Waals surface area contributed by atoms with Crippen LogP contribution < -0.4 is 0 Å². The highest BCUT2D eigenvalue weighted by atomic mass is 16.6. The standard InChI is InChI=1S/C9H9NO2/c1-8(10(11)12)7-9-5-3-2-4-6-9/h2-6H,1,7H2. The van der Waals surface area contributed by atoms with Gasteiger partial charge in [0.15, 0.2) is 0 Å². The van der Waals surface area contributed by atoms with Crippen molar-refractivity contribution in [2.45, 2.75) is 6.42 Å². The highest BCUT2D eigenvalue weighted by molar-refractivity contribution is 5.18. The summed E-state index contributed by atoms with van der Waals surface area (Å²) in [6, 6.07) is 9.26. The summed E-state index contributed by atoms with van der Waals surface area (Å²) in [5, 5.41) is 10.2. The third-order valence-corrected chi connectivity index (χ3v) is 1.51. The monoisotopic (exact) mass is 163 g/mol. The van der Waals surface area contributed by atoms with Crippen molar-refractivity contribution in [1.82, 2.24) is 0 Å². The number of allylic oxidation sites excluding steroid dienone is 1. The van der Waals surface area contributed by atoms with E-state index in [4.69, 9.17) is 0 Å². The number of benzene rings is 1. The van der Waals surface area contributed by atoms with E-state index in [0.717, 1.165) is 5.56 Å². The minimum absolute atomic E-state index is 0.0289. The smallest absolute Gasteiger partial charge is 0.243 e. The molecule has 0 bridgehead atoms. The van der Waals surface area contributed by atoms with Gasteiger partial charge in [-0.1, -0.05) is 30.3 Å². The van der Waals surface area contributed by atoms with Gasteiger partial charge in [-0.05, 0) is 12.1 Å². The normalized spacial score (nSPS) is 9.33. The lowest BCUT2D eigenvalue weighted by Crippen LogP contribution is -1.99. The van der Waals surface area contributed by atoms with Gasteiger partial charge in [-0.3, -0.25) is 10.1 Å². The Balaban J connectivity index is 2.65. The van der Waals surface area contributed by atoms with E-state index < -0.39 is 4.92 Å². The lowest BCUT2D eigenvalue weighted by atomic mass is 10.1. The third kappa shape index (κ3) is 2.20. The van der Waals surface area contributed by atoms with Gasteiger partial charge >= 0.3 is 0 Å². The topological polar surface area (TPSA) is 43.1 Å². The average molecular weight is 163 g/mol. The quantitative estimate of drug-likeness (QED) is 0.505. The summed E-state index contributed by atoms with van der Waals surface area (Å²) in [5.41, 5.74) is 0.945. The molecule has 62 valence electrons. The number of hydrogen-bond acceptors (Lipinski definition) is 2. The molecule has 1 rings (SSSR count). The molecule has 1 aromatic carbocycles. The highest BCUT2D eigenvalue weighted by Crippen LogP contribution is 2.05. The molecule has 0 heterocycles. The van der Waals surface area contributed by atoms with Crippen molar-refractivity contribution in [1.29, 1.82) is 0 Å².